The molecule has 362 valence electrons. The van der Waals surface area contributed by atoms with E-state index in [1.807, 2.05) is 0 Å². The molecule has 3 nitrogen and oxygen atoms in total. The van der Waals surface area contributed by atoms with Crippen molar-refractivity contribution in [1.82, 2.24) is 14.4 Å². The van der Waals surface area contributed by atoms with E-state index in [1.54, 1.807) is 0 Å². The molecule has 0 saturated heterocycles. The summed E-state index contributed by atoms with van der Waals surface area (Å²) in [5, 5.41) is 21.0. The maximum absolute atomic E-state index is 5.44. The number of imidazole rings is 1. The molecule has 0 bridgehead atoms. The Balaban J connectivity index is 0.873. The molecule has 12 aromatic carbocycles. The van der Waals surface area contributed by atoms with Gasteiger partial charge in [0.2, 0.25) is 0 Å². The van der Waals surface area contributed by atoms with Gasteiger partial charge in [0.15, 0.2) is 0 Å². The first kappa shape index (κ1) is 46.5. The Kier molecular flexibility index (Phi) is 11.1. The Morgan fingerprint density at radius 3 is 1.58 bits per heavy atom. The van der Waals surface area contributed by atoms with Gasteiger partial charge in [-0.2, -0.15) is 0 Å². The first-order valence-corrected chi connectivity index (χ1v) is 33.9. The minimum atomic E-state index is -2.23. The molecule has 0 saturated carbocycles. The average molecular weight is 1150 g/mol. The van der Waals surface area contributed by atoms with Crippen LogP contribution >= 0.6 is 11.0 Å². The molecule has 0 aliphatic heterocycles. The molecular weight excluding hydrogens is 1100 g/mol. The third kappa shape index (κ3) is 7.46. The van der Waals surface area contributed by atoms with Crippen LogP contribution in [0.3, 0.4) is 0 Å². The summed E-state index contributed by atoms with van der Waals surface area (Å²) < 4.78 is 2.42. The SMILES string of the molecule is [Se]=P(c1ccccc1)(c1ccc(-c2ccc3c(ccc4c5ccccc5c5nc6ccc(-c7ccc(P(=[Se])(c8ccccc8)c8ccc9ccccc9c8)c8ccccc78)cc6n5c34)c2)nc1)c1ccc2ccccc2c1. The van der Waals surface area contributed by atoms with Crippen molar-refractivity contribution in [1.29, 1.82) is 0 Å². The summed E-state index contributed by atoms with van der Waals surface area (Å²) in [4.78, 5) is 10.7. The van der Waals surface area contributed by atoms with Crippen LogP contribution in [0.5, 0.6) is 0 Å². The average Bonchev–Trinajstić information content (AvgIpc) is 3.93. The molecule has 2 atom stereocenters. The molecule has 2 unspecified atom stereocenters. The van der Waals surface area contributed by atoms with E-state index < -0.39 is 11.0 Å². The fraction of sp³-hybridized carbons (Fsp3) is 0. The third-order valence-electron chi connectivity index (χ3n) is 15.7. The van der Waals surface area contributed by atoms with Gasteiger partial charge < -0.3 is 0 Å². The molecule has 7 heteroatoms. The number of aromatic nitrogens is 3. The zero-order chi connectivity index (χ0) is 51.2. The number of rotatable bonds is 8. The van der Waals surface area contributed by atoms with Crippen molar-refractivity contribution in [2.75, 3.05) is 0 Å². The molecule has 0 aliphatic rings. The Labute approximate surface area is 461 Å². The van der Waals surface area contributed by atoms with E-state index >= 15 is 0 Å². The Hall–Kier alpha value is -7.80. The molecule has 15 rings (SSSR count). The van der Waals surface area contributed by atoms with Gasteiger partial charge in [-0.1, -0.05) is 18.2 Å². The molecule has 0 fully saturated rings. The number of hydrogen-bond acceptors (Lipinski definition) is 2. The second kappa shape index (κ2) is 18.4. The summed E-state index contributed by atoms with van der Waals surface area (Å²) in [6.45, 7) is 0. The van der Waals surface area contributed by atoms with Crippen LogP contribution in [0, 0.1) is 0 Å². The van der Waals surface area contributed by atoms with Crippen molar-refractivity contribution >= 4 is 154 Å². The summed E-state index contributed by atoms with van der Waals surface area (Å²) in [6.07, 6.45) is 2.10. The molecule has 15 aromatic rings. The van der Waals surface area contributed by atoms with Gasteiger partial charge in [-0.15, -0.1) is 0 Å². The monoisotopic (exact) mass is 1150 g/mol. The minimum absolute atomic E-state index is 0.940. The Bertz CT molecular complexity index is 5000. The maximum atomic E-state index is 5.44. The van der Waals surface area contributed by atoms with Crippen molar-refractivity contribution in [2.24, 2.45) is 0 Å². The van der Waals surface area contributed by atoms with Gasteiger partial charge >= 0.3 is 446 Å². The van der Waals surface area contributed by atoms with Crippen molar-refractivity contribution in [2.45, 2.75) is 0 Å². The van der Waals surface area contributed by atoms with Crippen LogP contribution in [-0.4, -0.2) is 44.6 Å². The summed E-state index contributed by atoms with van der Waals surface area (Å²) >= 11 is 7.62. The number of benzene rings is 12. The molecule has 0 spiro atoms. The van der Waals surface area contributed by atoms with Crippen molar-refractivity contribution in [3.63, 3.8) is 0 Å². The molecule has 0 N–H and O–H groups in total. The Morgan fingerprint density at radius 2 is 0.896 bits per heavy atom. The van der Waals surface area contributed by atoms with Crippen molar-refractivity contribution in [3.8, 4) is 22.4 Å². The van der Waals surface area contributed by atoms with E-state index in [9.17, 15) is 0 Å². The van der Waals surface area contributed by atoms with Crippen molar-refractivity contribution in [3.05, 3.63) is 273 Å². The van der Waals surface area contributed by atoms with Gasteiger partial charge in [-0.3, -0.25) is 0 Å². The van der Waals surface area contributed by atoms with E-state index in [2.05, 4.69) is 308 Å². The van der Waals surface area contributed by atoms with Crippen LogP contribution in [0.4, 0.5) is 0 Å². The van der Waals surface area contributed by atoms with E-state index in [4.69, 9.17) is 9.97 Å². The molecule has 0 radical (unpaired) electrons. The topological polar surface area (TPSA) is 30.2 Å². The fourth-order valence-corrected chi connectivity index (χ4v) is 22.1. The van der Waals surface area contributed by atoms with Gasteiger partial charge in [0, 0.05) is 0 Å². The predicted molar refractivity (Wildman–Crippen MR) is 335 cm³/mol. The summed E-state index contributed by atoms with van der Waals surface area (Å²) in [5.74, 6) is 0. The second-order valence-corrected chi connectivity index (χ2v) is 32.3. The summed E-state index contributed by atoms with van der Waals surface area (Å²) in [6, 6.07) is 98.3. The van der Waals surface area contributed by atoms with Crippen LogP contribution in [0.1, 0.15) is 0 Å². The van der Waals surface area contributed by atoms with Gasteiger partial charge in [0.25, 0.3) is 0 Å². The van der Waals surface area contributed by atoms with E-state index in [0.29, 0.717) is 0 Å². The molecule has 3 aromatic heterocycles. The quantitative estimate of drug-likeness (QED) is 0.0862. The summed E-state index contributed by atoms with van der Waals surface area (Å²) in [7, 11) is 0. The predicted octanol–water partition coefficient (Wildman–Crippen LogP) is 14.9. The van der Waals surface area contributed by atoms with E-state index in [1.165, 1.54) is 85.9 Å². The zero-order valence-corrected chi connectivity index (χ0v) is 46.7. The number of nitrogens with zero attached hydrogens (tertiary/aromatic N) is 3. The molecular formula is C70H45N3P2Se2. The fourth-order valence-electron chi connectivity index (χ4n) is 11.9. The number of fused-ring (bicyclic) bond motifs is 13. The Morgan fingerprint density at radius 1 is 0.338 bits per heavy atom. The first-order valence-electron chi connectivity index (χ1n) is 25.9. The second-order valence-electron chi connectivity index (χ2n) is 19.9. The number of hydrogen-bond donors (Lipinski definition) is 0. The third-order valence-corrected chi connectivity index (χ3v) is 29.7. The van der Waals surface area contributed by atoms with E-state index in [0.717, 1.165) is 49.8 Å². The van der Waals surface area contributed by atoms with Gasteiger partial charge in [-0.05, 0) is 0 Å². The first-order chi connectivity index (χ1) is 37.9. The van der Waals surface area contributed by atoms with Gasteiger partial charge in [-0.25, -0.2) is 0 Å². The molecule has 77 heavy (non-hydrogen) atoms. The number of pyridine rings is 2. The molecule has 0 aliphatic carbocycles. The van der Waals surface area contributed by atoms with Crippen molar-refractivity contribution < 1.29 is 0 Å². The van der Waals surface area contributed by atoms with Crippen LogP contribution in [-0.2, 0) is 0 Å². The zero-order valence-electron chi connectivity index (χ0n) is 41.5. The van der Waals surface area contributed by atoms with Gasteiger partial charge in [0.05, 0.1) is 0 Å². The van der Waals surface area contributed by atoms with Crippen LogP contribution in [0.15, 0.2) is 273 Å². The van der Waals surface area contributed by atoms with Crippen LogP contribution < -0.4 is 31.8 Å². The summed E-state index contributed by atoms with van der Waals surface area (Å²) in [5.41, 5.74) is 4.14. The molecule has 0 amide bonds. The van der Waals surface area contributed by atoms with Crippen LogP contribution in [0.25, 0.3) is 104 Å². The molecule has 3 heterocycles. The standard InChI is InChI=1S/C70H45N3P2Se2/c76-74(53-19-3-1-4-20-53,55-32-27-46-15-7-9-17-48(46)42-55)57-34-39-65(71-45-57)52-30-35-59-50(41-52)29-36-63-61-24-12-14-26-64(61)70-72-66-38-31-51(44-67(66)73(70)69(59)63)58-37-40-68(62-25-13-11-23-60(58)62)75(77,54-21-5-2-6-22-54)56-33-28-47-16-8-10-18-49(47)43-56/h1-45H. The van der Waals surface area contributed by atoms with E-state index in [-0.39, 0.29) is 0 Å². The van der Waals surface area contributed by atoms with Crippen LogP contribution in [0.2, 0.25) is 0 Å². The normalized spacial score (nSPS) is 13.5. The van der Waals surface area contributed by atoms with Gasteiger partial charge in [0.1, 0.15) is 0 Å².